The third-order valence-electron chi connectivity index (χ3n) is 3.29. The molecule has 128 valence electrons. The van der Waals surface area contributed by atoms with Crippen molar-refractivity contribution in [3.05, 3.63) is 11.1 Å². The van der Waals surface area contributed by atoms with Crippen molar-refractivity contribution in [3.63, 3.8) is 0 Å². The normalized spacial score (nSPS) is 9.83. The number of nitrogens with one attached hydrogen (secondary N) is 4. The summed E-state index contributed by atoms with van der Waals surface area (Å²) >= 11 is 0. The van der Waals surface area contributed by atoms with Gasteiger partial charge in [0.15, 0.2) is 17.5 Å². The molecule has 0 atom stereocenters. The number of urea groups is 1. The smallest absolute Gasteiger partial charge is 0.326 e. The molecular weight excluding hydrogens is 300 g/mol. The van der Waals surface area contributed by atoms with E-state index in [1.165, 1.54) is 21.3 Å². The molecule has 0 saturated heterocycles. The van der Waals surface area contributed by atoms with E-state index in [-0.39, 0.29) is 5.96 Å². The quantitative estimate of drug-likeness (QED) is 0.490. The largest absolute Gasteiger partial charge is 0.492 e. The Morgan fingerprint density at radius 2 is 1.48 bits per heavy atom. The Morgan fingerprint density at radius 3 is 1.87 bits per heavy atom. The Morgan fingerprint density at radius 1 is 1.00 bits per heavy atom. The van der Waals surface area contributed by atoms with Crippen LogP contribution in [0.5, 0.6) is 17.2 Å². The third kappa shape index (κ3) is 3.97. The zero-order valence-electron chi connectivity index (χ0n) is 14.3. The number of carbonyl (C=O) groups is 1. The second kappa shape index (κ2) is 8.11. The first-order valence-corrected chi connectivity index (χ1v) is 7.10. The van der Waals surface area contributed by atoms with E-state index in [2.05, 4.69) is 16.0 Å². The molecule has 0 fully saturated rings. The summed E-state index contributed by atoms with van der Waals surface area (Å²) in [5.74, 6) is 1.35. The molecule has 0 aliphatic heterocycles. The van der Waals surface area contributed by atoms with Crippen molar-refractivity contribution < 1.29 is 19.0 Å². The average Bonchev–Trinajstić information content (AvgIpc) is 2.51. The van der Waals surface area contributed by atoms with Crippen LogP contribution in [0.25, 0.3) is 0 Å². The molecule has 0 heterocycles. The minimum atomic E-state index is -0.531. The molecule has 0 spiro atoms. The summed E-state index contributed by atoms with van der Waals surface area (Å²) in [4.78, 5) is 12.0. The molecule has 0 aromatic heterocycles. The van der Waals surface area contributed by atoms with Gasteiger partial charge in [-0.3, -0.25) is 10.7 Å². The van der Waals surface area contributed by atoms with Crippen LogP contribution in [-0.4, -0.2) is 39.9 Å². The Bertz CT molecular complexity index is 571. The number of methoxy groups -OCH3 is 3. The number of guanidine groups is 1. The Labute approximate surface area is 136 Å². The van der Waals surface area contributed by atoms with Gasteiger partial charge in [-0.15, -0.1) is 0 Å². The predicted molar refractivity (Wildman–Crippen MR) is 89.1 cm³/mol. The first-order chi connectivity index (χ1) is 10.9. The maximum absolute atomic E-state index is 12.0. The number of hydrogen-bond acceptors (Lipinski definition) is 5. The number of benzene rings is 1. The lowest BCUT2D eigenvalue weighted by Gasteiger charge is -2.21. The maximum Gasteiger partial charge on any atom is 0.326 e. The zero-order chi connectivity index (χ0) is 17.6. The van der Waals surface area contributed by atoms with Crippen LogP contribution in [0.2, 0.25) is 0 Å². The highest BCUT2D eigenvalue weighted by Crippen LogP contribution is 2.46. The molecule has 0 aliphatic rings. The fourth-order valence-electron chi connectivity index (χ4n) is 2.30. The standard InChI is InChI=1S/C15H24N4O4/c1-7-17-14(16)19-15(20)18-10-8(2)11(21-4)13(23-6)12(22-5)9(10)3/h7H2,1-6H3,(H4,16,17,18,19,20). The van der Waals surface area contributed by atoms with Crippen LogP contribution in [0.4, 0.5) is 10.5 Å². The molecule has 1 aromatic carbocycles. The number of carbonyl (C=O) groups excluding carboxylic acids is 1. The van der Waals surface area contributed by atoms with Gasteiger partial charge in [0.1, 0.15) is 0 Å². The number of amides is 2. The van der Waals surface area contributed by atoms with E-state index in [0.29, 0.717) is 40.6 Å². The number of hydrogen-bond donors (Lipinski definition) is 4. The van der Waals surface area contributed by atoms with Crippen LogP contribution in [0.1, 0.15) is 18.1 Å². The molecule has 8 heteroatoms. The van der Waals surface area contributed by atoms with Crippen LogP contribution < -0.4 is 30.2 Å². The second-order valence-corrected chi connectivity index (χ2v) is 4.71. The molecule has 2 amide bonds. The Kier molecular flexibility index (Phi) is 6.49. The second-order valence-electron chi connectivity index (χ2n) is 4.71. The van der Waals surface area contributed by atoms with Gasteiger partial charge in [-0.05, 0) is 20.8 Å². The van der Waals surface area contributed by atoms with Crippen LogP contribution in [-0.2, 0) is 0 Å². The lowest BCUT2D eigenvalue weighted by molar-refractivity contribution is 0.255. The summed E-state index contributed by atoms with van der Waals surface area (Å²) < 4.78 is 16.1. The average molecular weight is 324 g/mol. The molecule has 23 heavy (non-hydrogen) atoms. The summed E-state index contributed by atoms with van der Waals surface area (Å²) in [7, 11) is 4.56. The van der Waals surface area contributed by atoms with Crippen molar-refractivity contribution in [2.24, 2.45) is 0 Å². The third-order valence-corrected chi connectivity index (χ3v) is 3.29. The van der Waals surface area contributed by atoms with E-state index in [0.717, 1.165) is 0 Å². The predicted octanol–water partition coefficient (Wildman–Crippen LogP) is 2.00. The Balaban J connectivity index is 3.21. The summed E-state index contributed by atoms with van der Waals surface area (Å²) in [6.45, 7) is 5.99. The zero-order valence-corrected chi connectivity index (χ0v) is 14.3. The molecule has 1 aromatic rings. The van der Waals surface area contributed by atoms with Gasteiger partial charge < -0.3 is 24.8 Å². The summed E-state index contributed by atoms with van der Waals surface area (Å²) in [5, 5.41) is 15.4. The first-order valence-electron chi connectivity index (χ1n) is 7.10. The first kappa shape index (κ1) is 18.4. The summed E-state index contributed by atoms with van der Waals surface area (Å²) in [6, 6.07) is -0.531. The van der Waals surface area contributed by atoms with Crippen molar-refractivity contribution >= 4 is 17.7 Å². The van der Waals surface area contributed by atoms with Gasteiger partial charge in [0, 0.05) is 17.7 Å². The van der Waals surface area contributed by atoms with Crippen molar-refractivity contribution in [3.8, 4) is 17.2 Å². The van der Waals surface area contributed by atoms with Crippen molar-refractivity contribution in [1.29, 1.82) is 5.41 Å². The van der Waals surface area contributed by atoms with Gasteiger partial charge in [0.05, 0.1) is 27.0 Å². The number of rotatable bonds is 5. The molecule has 0 saturated carbocycles. The van der Waals surface area contributed by atoms with Gasteiger partial charge in [0.2, 0.25) is 5.75 Å². The summed E-state index contributed by atoms with van der Waals surface area (Å²) in [6.07, 6.45) is 0. The topological polar surface area (TPSA) is 105 Å². The van der Waals surface area contributed by atoms with E-state index in [1.807, 2.05) is 6.92 Å². The van der Waals surface area contributed by atoms with Gasteiger partial charge in [-0.2, -0.15) is 0 Å². The molecule has 0 bridgehead atoms. The maximum atomic E-state index is 12.0. The highest BCUT2D eigenvalue weighted by atomic mass is 16.5. The van der Waals surface area contributed by atoms with Crippen molar-refractivity contribution in [2.75, 3.05) is 33.2 Å². The monoisotopic (exact) mass is 324 g/mol. The Hall–Kier alpha value is -2.64. The lowest BCUT2D eigenvalue weighted by Crippen LogP contribution is -2.42. The molecule has 1 rings (SSSR count). The molecule has 0 radical (unpaired) electrons. The lowest BCUT2D eigenvalue weighted by atomic mass is 10.1. The highest BCUT2D eigenvalue weighted by molar-refractivity contribution is 6.02. The van der Waals surface area contributed by atoms with E-state index in [4.69, 9.17) is 19.6 Å². The van der Waals surface area contributed by atoms with Crippen LogP contribution >= 0.6 is 0 Å². The minimum Gasteiger partial charge on any atom is -0.492 e. The van der Waals surface area contributed by atoms with Gasteiger partial charge >= 0.3 is 6.03 Å². The van der Waals surface area contributed by atoms with Crippen molar-refractivity contribution in [2.45, 2.75) is 20.8 Å². The van der Waals surface area contributed by atoms with Gasteiger partial charge in [0.25, 0.3) is 0 Å². The van der Waals surface area contributed by atoms with Gasteiger partial charge in [-0.1, -0.05) is 0 Å². The van der Waals surface area contributed by atoms with E-state index in [1.54, 1.807) is 13.8 Å². The van der Waals surface area contributed by atoms with E-state index < -0.39 is 6.03 Å². The van der Waals surface area contributed by atoms with E-state index >= 15 is 0 Å². The number of ether oxygens (including phenoxy) is 3. The van der Waals surface area contributed by atoms with Crippen LogP contribution in [0, 0.1) is 19.3 Å². The fraction of sp³-hybridized carbons (Fsp3) is 0.467. The number of anilines is 1. The molecule has 8 nitrogen and oxygen atoms in total. The fourth-order valence-corrected chi connectivity index (χ4v) is 2.30. The highest BCUT2D eigenvalue weighted by Gasteiger charge is 2.23. The molecule has 0 unspecified atom stereocenters. The summed E-state index contributed by atoms with van der Waals surface area (Å²) in [5.41, 5.74) is 1.95. The van der Waals surface area contributed by atoms with Gasteiger partial charge in [-0.25, -0.2) is 4.79 Å². The van der Waals surface area contributed by atoms with Crippen molar-refractivity contribution in [1.82, 2.24) is 10.6 Å². The minimum absolute atomic E-state index is 0.0762. The molecule has 4 N–H and O–H groups in total. The SMILES string of the molecule is CCNC(=N)NC(=O)Nc1c(C)c(OC)c(OC)c(OC)c1C. The molecular formula is C15H24N4O4. The van der Waals surface area contributed by atoms with E-state index in [9.17, 15) is 4.79 Å². The van der Waals surface area contributed by atoms with Crippen LogP contribution in [0.3, 0.4) is 0 Å². The molecule has 0 aliphatic carbocycles. The van der Waals surface area contributed by atoms with Crippen LogP contribution in [0.15, 0.2) is 0 Å².